The molecule has 166 valence electrons. The van der Waals surface area contributed by atoms with E-state index in [4.69, 9.17) is 10.1 Å². The molecular weight excluding hydrogens is 408 g/mol. The topological polar surface area (TPSA) is 72.8 Å². The van der Waals surface area contributed by atoms with E-state index < -0.39 is 0 Å². The van der Waals surface area contributed by atoms with Crippen molar-refractivity contribution in [3.05, 3.63) is 44.6 Å². The Bertz CT molecular complexity index is 991. The van der Waals surface area contributed by atoms with Gasteiger partial charge in [-0.15, -0.1) is 11.3 Å². The second kappa shape index (κ2) is 10.4. The Morgan fingerprint density at radius 3 is 2.65 bits per heavy atom. The molecule has 0 radical (unpaired) electrons. The van der Waals surface area contributed by atoms with Gasteiger partial charge in [-0.3, -0.25) is 15.1 Å². The first-order chi connectivity index (χ1) is 15.1. The molecule has 2 aromatic rings. The third kappa shape index (κ3) is 5.50. The van der Waals surface area contributed by atoms with E-state index in [9.17, 15) is 10.1 Å². The zero-order valence-electron chi connectivity index (χ0n) is 18.3. The van der Waals surface area contributed by atoms with Crippen LogP contribution in [0.2, 0.25) is 0 Å². The second-order valence-electron chi connectivity index (χ2n) is 8.84. The molecule has 1 aromatic heterocycles. The molecule has 0 amide bonds. The monoisotopic (exact) mass is 440 g/mol. The minimum absolute atomic E-state index is 0.105. The fraction of sp³-hybridized carbons (Fsp3) is 0.583. The average molecular weight is 441 g/mol. The molecule has 2 aliphatic carbocycles. The van der Waals surface area contributed by atoms with Crippen molar-refractivity contribution in [3.63, 3.8) is 0 Å². The normalized spacial score (nSPS) is 20.7. The lowest BCUT2D eigenvalue weighted by atomic mass is 9.85. The van der Waals surface area contributed by atoms with E-state index in [-0.39, 0.29) is 10.6 Å². The van der Waals surface area contributed by atoms with Crippen LogP contribution in [0.5, 0.6) is 0 Å². The molecule has 0 atom stereocenters. The van der Waals surface area contributed by atoms with Gasteiger partial charge in [0.15, 0.2) is 0 Å². The van der Waals surface area contributed by atoms with Crippen LogP contribution < -0.4 is 4.80 Å². The molecule has 31 heavy (non-hydrogen) atoms. The highest BCUT2D eigenvalue weighted by Gasteiger charge is 2.19. The number of nitro benzene ring substituents is 1. The summed E-state index contributed by atoms with van der Waals surface area (Å²) in [5, 5.41) is 18.4. The minimum Gasteiger partial charge on any atom is -0.258 e. The molecule has 2 aliphatic rings. The molecule has 2 saturated carbocycles. The first-order valence-corrected chi connectivity index (χ1v) is 12.6. The maximum absolute atomic E-state index is 11.3. The number of benzene rings is 1. The third-order valence-corrected chi connectivity index (χ3v) is 7.36. The van der Waals surface area contributed by atoms with Gasteiger partial charge < -0.3 is 0 Å². The highest BCUT2D eigenvalue weighted by molar-refractivity contribution is 7.07. The molecule has 0 unspecified atom stereocenters. The molecule has 0 N–H and O–H groups in total. The van der Waals surface area contributed by atoms with Gasteiger partial charge in [-0.2, -0.15) is 5.10 Å². The summed E-state index contributed by atoms with van der Waals surface area (Å²) in [5.74, 6) is 0.819. The van der Waals surface area contributed by atoms with E-state index in [0.717, 1.165) is 47.7 Å². The molecule has 2 fully saturated rings. The van der Waals surface area contributed by atoms with Gasteiger partial charge in [-0.05, 0) is 44.4 Å². The van der Waals surface area contributed by atoms with Gasteiger partial charge in [-0.1, -0.05) is 51.2 Å². The number of rotatable bonds is 6. The molecule has 4 rings (SSSR count). The van der Waals surface area contributed by atoms with Crippen LogP contribution in [0.4, 0.5) is 5.69 Å². The summed E-state index contributed by atoms with van der Waals surface area (Å²) in [5.41, 5.74) is 3.04. The van der Waals surface area contributed by atoms with Crippen LogP contribution in [0.25, 0.3) is 11.3 Å². The van der Waals surface area contributed by atoms with Crippen molar-refractivity contribution in [3.8, 4) is 11.3 Å². The fourth-order valence-electron chi connectivity index (χ4n) is 4.78. The first kappa shape index (κ1) is 21.9. The second-order valence-corrected chi connectivity index (χ2v) is 9.68. The average Bonchev–Trinajstić information content (AvgIpc) is 3.18. The predicted molar refractivity (Wildman–Crippen MR) is 127 cm³/mol. The third-order valence-electron chi connectivity index (χ3n) is 6.53. The predicted octanol–water partition coefficient (Wildman–Crippen LogP) is 6.55. The van der Waals surface area contributed by atoms with Gasteiger partial charge >= 0.3 is 0 Å². The highest BCUT2D eigenvalue weighted by Crippen LogP contribution is 2.28. The van der Waals surface area contributed by atoms with E-state index in [0.29, 0.717) is 6.04 Å². The SMILES string of the molecule is CCCC1CCC(=Nn2c(-c3cccc([N+](=O)[O-])c3)csc2=NC2CCCCC2)CC1. The standard InChI is InChI=1S/C24H32N4O2S/c1-2-7-18-12-14-21(15-13-18)26-27-23(19-8-6-11-22(16-19)28(29)30)17-31-24(27)25-20-9-4-3-5-10-20/h6,8,11,16-18,20H,2-5,7,9-10,12-15H2,1H3. The minimum atomic E-state index is -0.339. The zero-order chi connectivity index (χ0) is 21.6. The number of nitro groups is 1. The van der Waals surface area contributed by atoms with Crippen LogP contribution in [0, 0.1) is 16.0 Å². The Kier molecular flexibility index (Phi) is 7.33. The molecule has 0 aliphatic heterocycles. The van der Waals surface area contributed by atoms with E-state index >= 15 is 0 Å². The van der Waals surface area contributed by atoms with Crippen LogP contribution in [0.3, 0.4) is 0 Å². The van der Waals surface area contributed by atoms with Crippen molar-refractivity contribution in [1.82, 2.24) is 4.68 Å². The Morgan fingerprint density at radius 1 is 1.16 bits per heavy atom. The lowest BCUT2D eigenvalue weighted by Crippen LogP contribution is -2.21. The maximum atomic E-state index is 11.3. The molecule has 6 nitrogen and oxygen atoms in total. The summed E-state index contributed by atoms with van der Waals surface area (Å²) in [7, 11) is 0. The van der Waals surface area contributed by atoms with Crippen molar-refractivity contribution < 1.29 is 4.92 Å². The Balaban J connectivity index is 1.71. The van der Waals surface area contributed by atoms with Crippen molar-refractivity contribution in [1.29, 1.82) is 0 Å². The molecule has 1 heterocycles. The Hall–Kier alpha value is -2.28. The molecule has 0 saturated heterocycles. The molecule has 1 aromatic carbocycles. The lowest BCUT2D eigenvalue weighted by molar-refractivity contribution is -0.384. The molecule has 0 spiro atoms. The maximum Gasteiger partial charge on any atom is 0.270 e. The molecule has 0 bridgehead atoms. The molecular formula is C24H32N4O2S. The summed E-state index contributed by atoms with van der Waals surface area (Å²) < 4.78 is 1.97. The van der Waals surface area contributed by atoms with Gasteiger partial charge in [0.2, 0.25) is 4.80 Å². The van der Waals surface area contributed by atoms with Crippen molar-refractivity contribution in [2.75, 3.05) is 0 Å². The zero-order valence-corrected chi connectivity index (χ0v) is 19.1. The summed E-state index contributed by atoms with van der Waals surface area (Å²) >= 11 is 1.60. The van der Waals surface area contributed by atoms with Gasteiger partial charge in [-0.25, -0.2) is 4.68 Å². The summed E-state index contributed by atoms with van der Waals surface area (Å²) in [6.07, 6.45) is 13.1. The molecule has 7 heteroatoms. The summed E-state index contributed by atoms with van der Waals surface area (Å²) in [6, 6.07) is 7.21. The Morgan fingerprint density at radius 2 is 1.94 bits per heavy atom. The van der Waals surface area contributed by atoms with E-state index in [1.165, 1.54) is 56.7 Å². The van der Waals surface area contributed by atoms with Crippen molar-refractivity contribution in [2.45, 2.75) is 83.6 Å². The first-order valence-electron chi connectivity index (χ1n) is 11.7. The van der Waals surface area contributed by atoms with E-state index in [1.807, 2.05) is 16.1 Å². The number of nitrogens with zero attached hydrogens (tertiary/aromatic N) is 4. The quantitative estimate of drug-likeness (QED) is 0.377. The van der Waals surface area contributed by atoms with E-state index in [2.05, 4.69) is 6.92 Å². The van der Waals surface area contributed by atoms with Crippen LogP contribution in [-0.2, 0) is 0 Å². The van der Waals surface area contributed by atoms with Crippen LogP contribution in [0.15, 0.2) is 39.7 Å². The Labute approximate surface area is 187 Å². The van der Waals surface area contributed by atoms with Crippen LogP contribution >= 0.6 is 11.3 Å². The van der Waals surface area contributed by atoms with Crippen molar-refractivity contribution in [2.24, 2.45) is 16.0 Å². The number of aromatic nitrogens is 1. The fourth-order valence-corrected chi connectivity index (χ4v) is 5.68. The smallest absolute Gasteiger partial charge is 0.258 e. The van der Waals surface area contributed by atoms with E-state index in [1.54, 1.807) is 23.5 Å². The van der Waals surface area contributed by atoms with Gasteiger partial charge in [0.1, 0.15) is 0 Å². The van der Waals surface area contributed by atoms with Gasteiger partial charge in [0, 0.05) is 28.8 Å². The summed E-state index contributed by atoms with van der Waals surface area (Å²) in [6.45, 7) is 2.26. The summed E-state index contributed by atoms with van der Waals surface area (Å²) in [4.78, 5) is 16.9. The number of thiazole rings is 1. The number of hydrogen-bond donors (Lipinski definition) is 0. The van der Waals surface area contributed by atoms with Crippen LogP contribution in [0.1, 0.15) is 77.6 Å². The lowest BCUT2D eigenvalue weighted by Gasteiger charge is -2.22. The largest absolute Gasteiger partial charge is 0.270 e. The highest BCUT2D eigenvalue weighted by atomic mass is 32.1. The van der Waals surface area contributed by atoms with Gasteiger partial charge in [0.25, 0.3) is 5.69 Å². The van der Waals surface area contributed by atoms with Crippen LogP contribution in [-0.4, -0.2) is 21.4 Å². The number of hydrogen-bond acceptors (Lipinski definition) is 5. The van der Waals surface area contributed by atoms with Gasteiger partial charge in [0.05, 0.1) is 16.7 Å². The van der Waals surface area contributed by atoms with Crippen molar-refractivity contribution >= 4 is 22.7 Å². The number of non-ortho nitro benzene ring substituents is 1.